The van der Waals surface area contributed by atoms with Crippen LogP contribution in [-0.4, -0.2) is 32.8 Å². The Morgan fingerprint density at radius 3 is 1.78 bits per heavy atom. The van der Waals surface area contributed by atoms with Gasteiger partial charge in [-0.15, -0.1) is 0 Å². The first-order valence-electron chi connectivity index (χ1n) is 8.86. The van der Waals surface area contributed by atoms with Gasteiger partial charge in [-0.05, 0) is 55.4 Å². The molecule has 1 amide bonds. The zero-order valence-electron chi connectivity index (χ0n) is 15.9. The molecule has 1 aromatic carbocycles. The van der Waals surface area contributed by atoms with Crippen LogP contribution in [0.25, 0.3) is 0 Å². The van der Waals surface area contributed by atoms with Gasteiger partial charge in [-0.2, -0.15) is 8.42 Å². The maximum Gasteiger partial charge on any atom is 0.335 e. The summed E-state index contributed by atoms with van der Waals surface area (Å²) >= 11 is -0.750. The summed E-state index contributed by atoms with van der Waals surface area (Å²) in [4.78, 5) is 12.3. The number of halogens is 1. The van der Waals surface area contributed by atoms with Crippen LogP contribution < -0.4 is 5.73 Å². The molecule has 0 aromatic heterocycles. The maximum atomic E-state index is 12.0. The number of nitrogens with two attached hydrogens (primary N) is 1. The van der Waals surface area contributed by atoms with Crippen LogP contribution in [-0.2, 0) is 16.4 Å². The van der Waals surface area contributed by atoms with Crippen molar-refractivity contribution in [1.82, 2.24) is 4.90 Å². The Morgan fingerprint density at radius 2 is 1.48 bits per heavy atom. The summed E-state index contributed by atoms with van der Waals surface area (Å²) in [5.41, 5.74) is 5.85. The lowest BCUT2D eigenvalue weighted by atomic mass is 9.92. The normalized spacial score (nSPS) is 19.9. The molecule has 3 rings (SSSR count). The van der Waals surface area contributed by atoms with E-state index in [-0.39, 0.29) is 5.82 Å². The molecule has 5 nitrogen and oxygen atoms in total. The molecule has 1 aromatic rings. The topological polar surface area (TPSA) is 80.5 Å². The van der Waals surface area contributed by atoms with Crippen molar-refractivity contribution < 1.29 is 17.6 Å². The fraction of sp³-hybridized carbons (Fsp3) is 0.450. The summed E-state index contributed by atoms with van der Waals surface area (Å²) in [7, 11) is 0. The largest absolute Gasteiger partial charge is 0.399 e. The Bertz CT molecular complexity index is 571. The molecule has 2 unspecified atom stereocenters. The van der Waals surface area contributed by atoms with Crippen molar-refractivity contribution >= 4 is 23.7 Å². The molecule has 0 spiro atoms. The summed E-state index contributed by atoms with van der Waals surface area (Å²) in [5.74, 6) is 1.13. The van der Waals surface area contributed by atoms with E-state index in [0.717, 1.165) is 19.5 Å². The highest BCUT2D eigenvalue weighted by Gasteiger charge is 2.19. The molecule has 7 heteroatoms. The molecule has 2 atom stereocenters. The maximum absolute atomic E-state index is 12.0. The number of nitrogens with zero attached hydrogens (tertiary/aromatic N) is 1. The molecule has 0 saturated carbocycles. The second-order valence-electron chi connectivity index (χ2n) is 6.56. The number of hydrogen-bond donors (Lipinski definition) is 1. The fourth-order valence-corrected chi connectivity index (χ4v) is 2.80. The van der Waals surface area contributed by atoms with Crippen molar-refractivity contribution in [2.24, 2.45) is 11.8 Å². The summed E-state index contributed by atoms with van der Waals surface area (Å²) in [6, 6.07) is 5.70. The van der Waals surface area contributed by atoms with Crippen LogP contribution in [0, 0.1) is 17.7 Å². The third-order valence-corrected chi connectivity index (χ3v) is 3.80. The first-order chi connectivity index (χ1) is 12.9. The molecule has 2 aliphatic rings. The van der Waals surface area contributed by atoms with Gasteiger partial charge in [0, 0.05) is 18.8 Å². The molecule has 150 valence electrons. The second-order valence-corrected chi connectivity index (χ2v) is 6.69. The molecule has 0 radical (unpaired) electrons. The van der Waals surface area contributed by atoms with Crippen LogP contribution in [0.15, 0.2) is 48.6 Å². The highest BCUT2D eigenvalue weighted by Crippen LogP contribution is 2.19. The fourth-order valence-electron chi connectivity index (χ4n) is 2.80. The first kappa shape index (κ1) is 24.7. The van der Waals surface area contributed by atoms with E-state index in [2.05, 4.69) is 38.2 Å². The highest BCUT2D eigenvalue weighted by molar-refractivity contribution is 7.51. The molecule has 27 heavy (non-hydrogen) atoms. The number of hydrogen-bond acceptors (Lipinski definition) is 4. The van der Waals surface area contributed by atoms with E-state index in [9.17, 15) is 9.18 Å². The van der Waals surface area contributed by atoms with Crippen LogP contribution in [0.1, 0.15) is 33.1 Å². The molecule has 1 fully saturated rings. The molecule has 1 heterocycles. The zero-order chi connectivity index (χ0) is 20.5. The van der Waals surface area contributed by atoms with E-state index in [1.54, 1.807) is 0 Å². The van der Waals surface area contributed by atoms with Gasteiger partial charge in [-0.3, -0.25) is 4.79 Å². The lowest BCUT2D eigenvalue weighted by Crippen LogP contribution is -2.37. The Labute approximate surface area is 164 Å². The number of carbonyl (C=O) groups excluding carboxylic acids is 1. The number of amides is 1. The van der Waals surface area contributed by atoms with Gasteiger partial charge in [-0.1, -0.05) is 38.2 Å². The Hall–Kier alpha value is -2.28. The lowest BCUT2D eigenvalue weighted by molar-refractivity contribution is -0.120. The molecule has 2 N–H and O–H groups in total. The van der Waals surface area contributed by atoms with Crippen molar-refractivity contribution in [2.75, 3.05) is 18.8 Å². The Morgan fingerprint density at radius 1 is 1.04 bits per heavy atom. The zero-order valence-corrected chi connectivity index (χ0v) is 16.7. The minimum Gasteiger partial charge on any atom is -0.399 e. The smallest absolute Gasteiger partial charge is 0.335 e. The van der Waals surface area contributed by atoms with Crippen LogP contribution in [0.2, 0.25) is 0 Å². The molecular formula is C20H29FN2O3S. The quantitative estimate of drug-likeness (QED) is 0.579. The van der Waals surface area contributed by atoms with Gasteiger partial charge in [0.05, 0.1) is 0 Å². The van der Waals surface area contributed by atoms with E-state index in [0.29, 0.717) is 17.5 Å². The van der Waals surface area contributed by atoms with Gasteiger partial charge < -0.3 is 10.6 Å². The van der Waals surface area contributed by atoms with Gasteiger partial charge >= 0.3 is 11.6 Å². The van der Waals surface area contributed by atoms with Crippen molar-refractivity contribution in [3.05, 3.63) is 54.4 Å². The number of carbonyl (C=O) groups is 1. The monoisotopic (exact) mass is 396 g/mol. The van der Waals surface area contributed by atoms with Crippen LogP contribution >= 0.6 is 0 Å². The van der Waals surface area contributed by atoms with Gasteiger partial charge in [-0.25, -0.2) is 4.39 Å². The first-order valence-corrected chi connectivity index (χ1v) is 9.53. The molecular weight excluding hydrogens is 367 g/mol. The van der Waals surface area contributed by atoms with Crippen molar-refractivity contribution in [3.63, 3.8) is 0 Å². The van der Waals surface area contributed by atoms with E-state index < -0.39 is 11.6 Å². The number of nitrogen functional groups attached to an aromatic ring is 1. The Kier molecular flexibility index (Phi) is 14.6. The third kappa shape index (κ3) is 14.6. The van der Waals surface area contributed by atoms with Gasteiger partial charge in [0.1, 0.15) is 5.82 Å². The van der Waals surface area contributed by atoms with Crippen molar-refractivity contribution in [1.29, 1.82) is 0 Å². The van der Waals surface area contributed by atoms with E-state index in [4.69, 9.17) is 14.2 Å². The standard InChI is InChI=1S/C8H15NO.C6H6FN.C6H8.O2S/c1-7-3-8(2)5-9(4-7)6-10;7-5-1-3-6(8)4-2-5;1-2-4-6-5-3-1;1-3-2/h6-8H,3-5H2,1-2H3;1-4H,8H2;1-4H,5-6H2;. The number of anilines is 1. The van der Waals surface area contributed by atoms with Crippen molar-refractivity contribution in [3.8, 4) is 0 Å². The number of allylic oxidation sites excluding steroid dienone is 4. The van der Waals surface area contributed by atoms with Crippen LogP contribution in [0.3, 0.4) is 0 Å². The predicted octanol–water partition coefficient (Wildman–Crippen LogP) is 3.75. The number of rotatable bonds is 1. The molecule has 1 aliphatic heterocycles. The summed E-state index contributed by atoms with van der Waals surface area (Å²) in [5, 5.41) is 0. The highest BCUT2D eigenvalue weighted by atomic mass is 32.1. The summed E-state index contributed by atoms with van der Waals surface area (Å²) in [6.07, 6.45) is 13.2. The minimum absolute atomic E-state index is 0.251. The second kappa shape index (κ2) is 15.9. The Balaban J connectivity index is 0.000000358. The van der Waals surface area contributed by atoms with Gasteiger partial charge in [0.25, 0.3) is 0 Å². The van der Waals surface area contributed by atoms with E-state index in [1.165, 1.54) is 43.5 Å². The summed E-state index contributed by atoms with van der Waals surface area (Å²) in [6.45, 7) is 6.31. The average Bonchev–Trinajstić information content (AvgIpc) is 2.66. The number of piperidine rings is 1. The average molecular weight is 397 g/mol. The number of likely N-dealkylation sites (tertiary alicyclic amines) is 1. The van der Waals surface area contributed by atoms with Crippen LogP contribution in [0.4, 0.5) is 10.1 Å². The molecule has 1 aliphatic carbocycles. The van der Waals surface area contributed by atoms with E-state index >= 15 is 0 Å². The van der Waals surface area contributed by atoms with Gasteiger partial charge in [0.2, 0.25) is 6.41 Å². The lowest BCUT2D eigenvalue weighted by Gasteiger charge is -2.32. The third-order valence-electron chi connectivity index (χ3n) is 3.80. The van der Waals surface area contributed by atoms with E-state index in [1.807, 2.05) is 4.90 Å². The molecule has 0 bridgehead atoms. The predicted molar refractivity (Wildman–Crippen MR) is 108 cm³/mol. The molecule has 1 saturated heterocycles. The summed E-state index contributed by atoms with van der Waals surface area (Å²) < 4.78 is 28.6. The number of benzene rings is 1. The minimum atomic E-state index is -0.750. The van der Waals surface area contributed by atoms with Gasteiger partial charge in [0.15, 0.2) is 0 Å². The van der Waals surface area contributed by atoms with Crippen LogP contribution in [0.5, 0.6) is 0 Å². The van der Waals surface area contributed by atoms with Crippen molar-refractivity contribution in [2.45, 2.75) is 33.1 Å². The SMILES string of the molecule is C1=CCCC=C1.CC1CC(C)CN(C=O)C1.Nc1ccc(F)cc1.O=S=O.